The van der Waals surface area contributed by atoms with Gasteiger partial charge in [0.15, 0.2) is 0 Å². The van der Waals surface area contributed by atoms with E-state index in [0.717, 1.165) is 5.69 Å². The third-order valence-electron chi connectivity index (χ3n) is 2.97. The van der Waals surface area contributed by atoms with E-state index in [1.54, 1.807) is 0 Å². The van der Waals surface area contributed by atoms with E-state index < -0.39 is 0 Å². The summed E-state index contributed by atoms with van der Waals surface area (Å²) in [5.74, 6) is -0.0528. The number of para-hydroxylation sites is 1. The average molecular weight is 264 g/mol. The second-order valence-electron chi connectivity index (χ2n) is 4.55. The zero-order valence-corrected chi connectivity index (χ0v) is 11.1. The molecule has 0 saturated carbocycles. The Hall–Kier alpha value is -1.43. The fourth-order valence-electron chi connectivity index (χ4n) is 1.83. The van der Waals surface area contributed by atoms with Crippen LogP contribution in [0.1, 0.15) is 6.92 Å². The molecule has 1 aliphatic heterocycles. The first kappa shape index (κ1) is 14.0. The van der Waals surface area contributed by atoms with Gasteiger partial charge in [0.2, 0.25) is 5.91 Å². The summed E-state index contributed by atoms with van der Waals surface area (Å²) < 4.78 is 10.8. The summed E-state index contributed by atoms with van der Waals surface area (Å²) in [4.78, 5) is 11.9. The molecule has 0 aromatic heterocycles. The van der Waals surface area contributed by atoms with Gasteiger partial charge in [-0.15, -0.1) is 0 Å². The van der Waals surface area contributed by atoms with Crippen molar-refractivity contribution in [2.24, 2.45) is 0 Å². The van der Waals surface area contributed by atoms with E-state index in [0.29, 0.717) is 26.4 Å². The van der Waals surface area contributed by atoms with Crippen LogP contribution in [0.3, 0.4) is 0 Å². The Kier molecular flexibility index (Phi) is 5.32. The van der Waals surface area contributed by atoms with Crippen LogP contribution in [0.2, 0.25) is 0 Å². The maximum absolute atomic E-state index is 11.9. The Morgan fingerprint density at radius 3 is 2.84 bits per heavy atom. The first-order valence-electron chi connectivity index (χ1n) is 6.54. The zero-order chi connectivity index (χ0) is 13.5. The van der Waals surface area contributed by atoms with E-state index in [2.05, 4.69) is 10.6 Å². The number of amides is 1. The Labute approximate surface area is 113 Å². The topological polar surface area (TPSA) is 59.6 Å². The molecule has 2 N–H and O–H groups in total. The molecule has 0 aliphatic carbocycles. The van der Waals surface area contributed by atoms with Crippen LogP contribution in [0, 0.1) is 0 Å². The van der Waals surface area contributed by atoms with Crippen molar-refractivity contribution in [1.29, 1.82) is 0 Å². The molecule has 0 radical (unpaired) electrons. The van der Waals surface area contributed by atoms with Crippen molar-refractivity contribution in [2.75, 3.05) is 31.7 Å². The summed E-state index contributed by atoms with van der Waals surface area (Å²) in [6, 6.07) is 9.15. The number of carbonyl (C=O) groups is 1. The average Bonchev–Trinajstić information content (AvgIpc) is 2.47. The monoisotopic (exact) mass is 264 g/mol. The molecule has 1 amide bonds. The van der Waals surface area contributed by atoms with Gasteiger partial charge in [-0.25, -0.2) is 0 Å². The van der Waals surface area contributed by atoms with Crippen LogP contribution in [0.25, 0.3) is 0 Å². The second kappa shape index (κ2) is 7.23. The van der Waals surface area contributed by atoms with Crippen molar-refractivity contribution in [3.05, 3.63) is 30.3 Å². The van der Waals surface area contributed by atoms with Gasteiger partial charge < -0.3 is 20.1 Å². The van der Waals surface area contributed by atoms with E-state index in [1.807, 2.05) is 37.3 Å². The van der Waals surface area contributed by atoms with Crippen LogP contribution < -0.4 is 10.6 Å². The molecule has 1 saturated heterocycles. The number of carbonyl (C=O) groups excluding carboxylic acids is 1. The van der Waals surface area contributed by atoms with E-state index in [4.69, 9.17) is 9.47 Å². The quantitative estimate of drug-likeness (QED) is 0.833. The van der Waals surface area contributed by atoms with Crippen molar-refractivity contribution in [3.8, 4) is 0 Å². The summed E-state index contributed by atoms with van der Waals surface area (Å²) in [5.41, 5.74) is 0.804. The van der Waals surface area contributed by atoms with Crippen LogP contribution in [0.4, 0.5) is 5.69 Å². The summed E-state index contributed by atoms with van der Waals surface area (Å²) in [6.45, 7) is 4.31. The van der Waals surface area contributed by atoms with Gasteiger partial charge in [-0.3, -0.25) is 4.79 Å². The van der Waals surface area contributed by atoms with Crippen LogP contribution in [0.15, 0.2) is 30.3 Å². The number of rotatable bonds is 5. The Morgan fingerprint density at radius 2 is 2.16 bits per heavy atom. The highest BCUT2D eigenvalue weighted by Gasteiger charge is 2.18. The van der Waals surface area contributed by atoms with Crippen LogP contribution in [-0.4, -0.2) is 44.4 Å². The molecule has 2 atom stereocenters. The molecule has 0 bridgehead atoms. The molecule has 1 aliphatic rings. The van der Waals surface area contributed by atoms with Gasteiger partial charge in [-0.05, 0) is 19.1 Å². The molecular formula is C14H20N2O3. The number of hydrogen-bond donors (Lipinski definition) is 2. The van der Waals surface area contributed by atoms with Crippen LogP contribution in [-0.2, 0) is 14.3 Å². The Morgan fingerprint density at radius 1 is 1.37 bits per heavy atom. The minimum Gasteiger partial charge on any atom is -0.376 e. The summed E-state index contributed by atoms with van der Waals surface area (Å²) in [7, 11) is 0. The van der Waals surface area contributed by atoms with Gasteiger partial charge in [0, 0.05) is 12.2 Å². The number of ether oxygens (including phenoxy) is 2. The highest BCUT2D eigenvalue weighted by atomic mass is 16.6. The number of nitrogens with one attached hydrogen (secondary N) is 2. The molecule has 1 aromatic rings. The molecule has 0 spiro atoms. The third-order valence-corrected chi connectivity index (χ3v) is 2.97. The number of benzene rings is 1. The molecule has 104 valence electrons. The number of hydrogen-bond acceptors (Lipinski definition) is 4. The lowest BCUT2D eigenvalue weighted by Crippen LogP contribution is -2.45. The lowest BCUT2D eigenvalue weighted by molar-refractivity contribution is -0.118. The standard InChI is InChI=1S/C14H20N2O3/c1-11(15-9-13-10-18-7-8-19-13)14(17)16-12-5-3-2-4-6-12/h2-6,11,13,15H,7-10H2,1H3,(H,16,17). The van der Waals surface area contributed by atoms with E-state index in [9.17, 15) is 4.79 Å². The van der Waals surface area contributed by atoms with E-state index >= 15 is 0 Å². The molecule has 19 heavy (non-hydrogen) atoms. The Balaban J connectivity index is 1.73. The fourth-order valence-corrected chi connectivity index (χ4v) is 1.83. The lowest BCUT2D eigenvalue weighted by atomic mass is 10.2. The van der Waals surface area contributed by atoms with Crippen LogP contribution >= 0.6 is 0 Å². The molecule has 1 aromatic carbocycles. The smallest absolute Gasteiger partial charge is 0.241 e. The van der Waals surface area contributed by atoms with Crippen molar-refractivity contribution >= 4 is 11.6 Å². The van der Waals surface area contributed by atoms with E-state index in [-0.39, 0.29) is 18.1 Å². The largest absolute Gasteiger partial charge is 0.376 e. The van der Waals surface area contributed by atoms with Crippen molar-refractivity contribution < 1.29 is 14.3 Å². The minimum atomic E-state index is -0.272. The number of anilines is 1. The SMILES string of the molecule is CC(NCC1COCCO1)C(=O)Nc1ccccc1. The maximum atomic E-state index is 11.9. The van der Waals surface area contributed by atoms with Gasteiger partial charge in [-0.2, -0.15) is 0 Å². The third kappa shape index (κ3) is 4.63. The molecule has 2 unspecified atom stereocenters. The van der Waals surface area contributed by atoms with Gasteiger partial charge in [-0.1, -0.05) is 18.2 Å². The molecule has 2 rings (SSSR count). The zero-order valence-electron chi connectivity index (χ0n) is 11.1. The Bertz CT molecular complexity index is 391. The van der Waals surface area contributed by atoms with E-state index in [1.165, 1.54) is 0 Å². The normalized spacial score (nSPS) is 20.8. The van der Waals surface area contributed by atoms with Gasteiger partial charge in [0.05, 0.1) is 32.0 Å². The molecular weight excluding hydrogens is 244 g/mol. The second-order valence-corrected chi connectivity index (χ2v) is 4.55. The summed E-state index contributed by atoms with van der Waals surface area (Å²) in [6.07, 6.45) is 0.0284. The van der Waals surface area contributed by atoms with Gasteiger partial charge in [0.25, 0.3) is 0 Å². The predicted octanol–water partition coefficient (Wildman–Crippen LogP) is 1.02. The van der Waals surface area contributed by atoms with Crippen LogP contribution in [0.5, 0.6) is 0 Å². The molecule has 5 heteroatoms. The minimum absolute atomic E-state index is 0.0284. The van der Waals surface area contributed by atoms with Crippen molar-refractivity contribution in [1.82, 2.24) is 5.32 Å². The molecule has 1 heterocycles. The maximum Gasteiger partial charge on any atom is 0.241 e. The fraction of sp³-hybridized carbons (Fsp3) is 0.500. The lowest BCUT2D eigenvalue weighted by Gasteiger charge is -2.24. The summed E-state index contributed by atoms with van der Waals surface area (Å²) in [5, 5.41) is 6.01. The van der Waals surface area contributed by atoms with Gasteiger partial charge >= 0.3 is 0 Å². The van der Waals surface area contributed by atoms with Crippen molar-refractivity contribution in [3.63, 3.8) is 0 Å². The van der Waals surface area contributed by atoms with Gasteiger partial charge in [0.1, 0.15) is 0 Å². The summed E-state index contributed by atoms with van der Waals surface area (Å²) >= 11 is 0. The molecule has 5 nitrogen and oxygen atoms in total. The predicted molar refractivity (Wildman–Crippen MR) is 73.1 cm³/mol. The van der Waals surface area contributed by atoms with Crippen molar-refractivity contribution in [2.45, 2.75) is 19.1 Å². The highest BCUT2D eigenvalue weighted by Crippen LogP contribution is 2.05. The first-order chi connectivity index (χ1) is 9.25. The highest BCUT2D eigenvalue weighted by molar-refractivity contribution is 5.94. The first-order valence-corrected chi connectivity index (χ1v) is 6.54. The molecule has 1 fully saturated rings.